The molecule has 1 aromatic heterocycles. The molecular weight excluding hydrogens is 951 g/mol. The van der Waals surface area contributed by atoms with E-state index in [1.54, 1.807) is 0 Å². The van der Waals surface area contributed by atoms with Gasteiger partial charge in [0, 0.05) is 37.2 Å². The molecule has 0 amide bonds. The highest BCUT2D eigenvalue weighted by Crippen LogP contribution is 2.57. The molecule has 2 heterocycles. The molecular formula is C73H49NSSi. The van der Waals surface area contributed by atoms with Crippen LogP contribution in [0.5, 0.6) is 0 Å². The van der Waals surface area contributed by atoms with Crippen LogP contribution in [-0.4, -0.2) is 8.07 Å². The Kier molecular flexibility index (Phi) is 10.4. The van der Waals surface area contributed by atoms with Gasteiger partial charge in [-0.2, -0.15) is 0 Å². The highest BCUT2D eigenvalue weighted by atomic mass is 32.1. The average molecular weight is 1000 g/mol. The maximum absolute atomic E-state index is 2.77. The van der Waals surface area contributed by atoms with Gasteiger partial charge in [0.15, 0.2) is 8.07 Å². The van der Waals surface area contributed by atoms with Gasteiger partial charge in [0.2, 0.25) is 0 Å². The molecule has 356 valence electrons. The Morgan fingerprint density at radius 2 is 0.776 bits per heavy atom. The summed E-state index contributed by atoms with van der Waals surface area (Å²) < 4.78 is 2.64. The van der Waals surface area contributed by atoms with Crippen molar-refractivity contribution >= 4 is 77.4 Å². The zero-order chi connectivity index (χ0) is 50.2. The van der Waals surface area contributed by atoms with E-state index in [2.05, 4.69) is 302 Å². The van der Waals surface area contributed by atoms with E-state index in [1.165, 1.54) is 108 Å². The first-order valence-corrected chi connectivity index (χ1v) is 29.1. The van der Waals surface area contributed by atoms with Crippen LogP contribution in [0.2, 0.25) is 0 Å². The van der Waals surface area contributed by atoms with Crippen molar-refractivity contribution in [2.75, 3.05) is 4.90 Å². The smallest absolute Gasteiger partial charge is 0.180 e. The maximum Gasteiger partial charge on any atom is 0.180 e. The Morgan fingerprint density at radius 1 is 0.289 bits per heavy atom. The van der Waals surface area contributed by atoms with E-state index < -0.39 is 13.5 Å². The summed E-state index contributed by atoms with van der Waals surface area (Å²) in [7, 11) is -2.77. The number of benzene rings is 12. The van der Waals surface area contributed by atoms with Crippen LogP contribution in [0, 0.1) is 0 Å². The van der Waals surface area contributed by atoms with Gasteiger partial charge in [-0.05, 0) is 142 Å². The molecule has 2 aliphatic rings. The molecule has 15 rings (SSSR count). The van der Waals surface area contributed by atoms with Gasteiger partial charge in [0.25, 0.3) is 0 Å². The van der Waals surface area contributed by atoms with E-state index in [0.29, 0.717) is 0 Å². The van der Waals surface area contributed by atoms with Crippen molar-refractivity contribution in [3.05, 3.63) is 320 Å². The van der Waals surface area contributed by atoms with Crippen molar-refractivity contribution < 1.29 is 0 Å². The van der Waals surface area contributed by atoms with E-state index in [1.807, 2.05) is 11.3 Å². The van der Waals surface area contributed by atoms with Gasteiger partial charge in [-0.25, -0.2) is 0 Å². The standard InChI is InChI=1S/C73H49NSSi/c1-4-19-54(20-5-1)73(55-21-6-2-7-22-55)67-31-14-10-27-61(67)62-45-39-52(47-68(62)73)50-35-41-56(42-36-50)74(57-43-37-51(38-44-57)53-40-46-64-63-28-11-15-32-69(63)75-70(64)48-53)58-23-18-26-60(49-58)76(59-24-8-3-9-25-59)71-33-16-12-29-65(71)66-30-13-17-34-72(66)76/h1-49H. The largest absolute Gasteiger partial charge is 0.311 e. The maximum atomic E-state index is 2.50. The Balaban J connectivity index is 0.879. The van der Waals surface area contributed by atoms with Crippen molar-refractivity contribution in [3.8, 4) is 44.5 Å². The summed E-state index contributed by atoms with van der Waals surface area (Å²) in [5.74, 6) is 0. The first-order valence-electron chi connectivity index (χ1n) is 26.3. The molecule has 0 saturated carbocycles. The molecule has 0 fully saturated rings. The number of hydrogen-bond donors (Lipinski definition) is 0. The lowest BCUT2D eigenvalue weighted by atomic mass is 9.67. The number of anilines is 3. The lowest BCUT2D eigenvalue weighted by Crippen LogP contribution is -2.72. The molecule has 1 aliphatic heterocycles. The summed E-state index contributed by atoms with van der Waals surface area (Å²) >= 11 is 1.87. The minimum absolute atomic E-state index is 0.469. The molecule has 0 bridgehead atoms. The molecule has 3 heteroatoms. The SMILES string of the molecule is c1ccc(C2(c3ccccc3)c3ccccc3-c3ccc(-c4ccc(N(c5ccc(-c6ccc7c(c6)sc6ccccc67)cc5)c5cccc([Si]6(c7ccccc7)c7ccccc7-c7ccccc76)c5)cc4)cc32)cc1. The van der Waals surface area contributed by atoms with Crippen LogP contribution in [0.3, 0.4) is 0 Å². The van der Waals surface area contributed by atoms with Crippen LogP contribution < -0.4 is 25.6 Å². The van der Waals surface area contributed by atoms with Crippen LogP contribution in [0.25, 0.3) is 64.7 Å². The van der Waals surface area contributed by atoms with Crippen molar-refractivity contribution in [3.63, 3.8) is 0 Å². The van der Waals surface area contributed by atoms with Gasteiger partial charge in [0.05, 0.1) is 5.41 Å². The molecule has 0 saturated heterocycles. The normalized spacial score (nSPS) is 13.5. The van der Waals surface area contributed by atoms with Crippen molar-refractivity contribution in [1.82, 2.24) is 0 Å². The van der Waals surface area contributed by atoms with Crippen molar-refractivity contribution in [1.29, 1.82) is 0 Å². The van der Waals surface area contributed by atoms with Gasteiger partial charge in [0.1, 0.15) is 0 Å². The fourth-order valence-electron chi connectivity index (χ4n) is 13.2. The molecule has 1 nitrogen and oxygen atoms in total. The Labute approximate surface area is 449 Å². The van der Waals surface area contributed by atoms with Crippen LogP contribution in [-0.2, 0) is 5.41 Å². The number of hydrogen-bond acceptors (Lipinski definition) is 2. The number of nitrogens with zero attached hydrogens (tertiary/aromatic N) is 1. The van der Waals surface area contributed by atoms with Crippen LogP contribution in [0.4, 0.5) is 17.1 Å². The third kappa shape index (κ3) is 6.69. The number of fused-ring (bicyclic) bond motifs is 9. The fraction of sp³-hybridized carbons (Fsp3) is 0.0137. The molecule has 0 spiro atoms. The molecule has 0 N–H and O–H groups in total. The molecule has 0 unspecified atom stereocenters. The second kappa shape index (κ2) is 17.8. The quantitative estimate of drug-likeness (QED) is 0.130. The molecule has 76 heavy (non-hydrogen) atoms. The van der Waals surface area contributed by atoms with E-state index in [-0.39, 0.29) is 0 Å². The molecule has 0 radical (unpaired) electrons. The summed E-state index contributed by atoms with van der Waals surface area (Å²) in [5, 5.41) is 8.28. The summed E-state index contributed by atoms with van der Waals surface area (Å²) in [6, 6.07) is 112. The predicted octanol–water partition coefficient (Wildman–Crippen LogP) is 16.6. The lowest BCUT2D eigenvalue weighted by molar-refractivity contribution is 0.769. The van der Waals surface area contributed by atoms with E-state index in [0.717, 1.165) is 17.1 Å². The summed E-state index contributed by atoms with van der Waals surface area (Å²) in [5.41, 5.74) is 18.1. The highest BCUT2D eigenvalue weighted by molar-refractivity contribution is 7.26. The highest BCUT2D eigenvalue weighted by Gasteiger charge is 2.49. The Hall–Kier alpha value is -9.12. The summed E-state index contributed by atoms with van der Waals surface area (Å²) in [6.45, 7) is 0. The van der Waals surface area contributed by atoms with Crippen LogP contribution in [0.1, 0.15) is 22.3 Å². The summed E-state index contributed by atoms with van der Waals surface area (Å²) in [6.07, 6.45) is 0. The molecule has 1 aliphatic carbocycles. The van der Waals surface area contributed by atoms with Gasteiger partial charge in [-0.15, -0.1) is 11.3 Å². The summed E-state index contributed by atoms with van der Waals surface area (Å²) in [4.78, 5) is 2.46. The van der Waals surface area contributed by atoms with E-state index in [4.69, 9.17) is 0 Å². The number of thiophene rings is 1. The van der Waals surface area contributed by atoms with Gasteiger partial charge in [-0.3, -0.25) is 0 Å². The second-order valence-corrected chi connectivity index (χ2v) is 25.1. The van der Waals surface area contributed by atoms with Gasteiger partial charge >= 0.3 is 0 Å². The number of rotatable bonds is 9. The van der Waals surface area contributed by atoms with Gasteiger partial charge < -0.3 is 4.90 Å². The molecule has 12 aromatic carbocycles. The molecule has 13 aromatic rings. The Bertz CT molecular complexity index is 4250. The Morgan fingerprint density at radius 3 is 1.43 bits per heavy atom. The first kappa shape index (κ1) is 44.4. The fourth-order valence-corrected chi connectivity index (χ4v) is 19.5. The minimum atomic E-state index is -2.77. The predicted molar refractivity (Wildman–Crippen MR) is 325 cm³/mol. The van der Waals surface area contributed by atoms with Crippen LogP contribution >= 0.6 is 11.3 Å². The third-order valence-electron chi connectivity index (χ3n) is 16.5. The first-order chi connectivity index (χ1) is 37.7. The monoisotopic (exact) mass is 999 g/mol. The van der Waals surface area contributed by atoms with Gasteiger partial charge in [-0.1, -0.05) is 243 Å². The zero-order valence-electron chi connectivity index (χ0n) is 41.6. The average Bonchev–Trinajstić information content (AvgIpc) is 4.32. The van der Waals surface area contributed by atoms with Crippen molar-refractivity contribution in [2.45, 2.75) is 5.41 Å². The molecule has 0 atom stereocenters. The van der Waals surface area contributed by atoms with E-state index >= 15 is 0 Å². The topological polar surface area (TPSA) is 3.24 Å². The minimum Gasteiger partial charge on any atom is -0.311 e. The van der Waals surface area contributed by atoms with Crippen molar-refractivity contribution in [2.24, 2.45) is 0 Å². The lowest BCUT2D eigenvalue weighted by Gasteiger charge is -2.34. The second-order valence-electron chi connectivity index (χ2n) is 20.3. The van der Waals surface area contributed by atoms with E-state index in [9.17, 15) is 0 Å². The van der Waals surface area contributed by atoms with Crippen LogP contribution in [0.15, 0.2) is 297 Å². The third-order valence-corrected chi connectivity index (χ3v) is 22.4. The zero-order valence-corrected chi connectivity index (χ0v) is 43.5.